The lowest BCUT2D eigenvalue weighted by Gasteiger charge is -2.38. The highest BCUT2D eigenvalue weighted by molar-refractivity contribution is 6.03. The highest BCUT2D eigenvalue weighted by Gasteiger charge is 2.24. The van der Waals surface area contributed by atoms with Crippen molar-refractivity contribution in [1.29, 1.82) is 0 Å². The smallest absolute Gasteiger partial charge is 0.336 e. The molecule has 2 amide bonds. The Morgan fingerprint density at radius 1 is 1.00 bits per heavy atom. The van der Waals surface area contributed by atoms with Crippen molar-refractivity contribution in [2.45, 2.75) is 38.6 Å². The van der Waals surface area contributed by atoms with Gasteiger partial charge < -0.3 is 20.6 Å². The summed E-state index contributed by atoms with van der Waals surface area (Å²) >= 11 is 0. The third-order valence-corrected chi connectivity index (χ3v) is 6.24. The van der Waals surface area contributed by atoms with Crippen LogP contribution in [0.3, 0.4) is 0 Å². The van der Waals surface area contributed by atoms with E-state index < -0.39 is 17.8 Å². The van der Waals surface area contributed by atoms with Crippen LogP contribution < -0.4 is 15.5 Å². The molecule has 0 aromatic heterocycles. The molecule has 0 saturated carbocycles. The van der Waals surface area contributed by atoms with Crippen molar-refractivity contribution in [3.05, 3.63) is 78.1 Å². The van der Waals surface area contributed by atoms with Crippen LogP contribution in [0.5, 0.6) is 0 Å². The first-order valence-electron chi connectivity index (χ1n) is 11.5. The maximum Gasteiger partial charge on any atom is 0.336 e. The zero-order valence-electron chi connectivity index (χ0n) is 19.1. The molecule has 1 aliphatic heterocycles. The number of anilines is 3. The molecule has 34 heavy (non-hydrogen) atoms. The van der Waals surface area contributed by atoms with Crippen LogP contribution in [0.2, 0.25) is 0 Å². The standard InChI is InChI=1S/C27H28FN3O3/c1-2-19-9-7-8-16-31(19)25-15-14-18(20-10-3-4-11-21(20)26(32)33)17-24(25)30-27(34)29-23-13-6-5-12-22(23)28/h3-6,10-15,17,19H,2,7-9,16H2,1H3,(H,32,33)(H2,29,30,34). The molecule has 1 fully saturated rings. The summed E-state index contributed by atoms with van der Waals surface area (Å²) in [7, 11) is 0. The maximum atomic E-state index is 14.1. The fourth-order valence-corrected chi connectivity index (χ4v) is 4.56. The molecule has 1 heterocycles. The van der Waals surface area contributed by atoms with Gasteiger partial charge in [0.25, 0.3) is 0 Å². The summed E-state index contributed by atoms with van der Waals surface area (Å²) in [6.45, 7) is 3.02. The first-order chi connectivity index (χ1) is 16.5. The molecular weight excluding hydrogens is 433 g/mol. The summed E-state index contributed by atoms with van der Waals surface area (Å²) in [5.74, 6) is -1.54. The highest BCUT2D eigenvalue weighted by Crippen LogP contribution is 2.36. The number of aromatic carboxylic acids is 1. The Labute approximate surface area is 198 Å². The fourth-order valence-electron chi connectivity index (χ4n) is 4.56. The average molecular weight is 462 g/mol. The molecule has 1 aliphatic rings. The van der Waals surface area contributed by atoms with Crippen LogP contribution in [0.1, 0.15) is 43.0 Å². The quantitative estimate of drug-likeness (QED) is 0.386. The van der Waals surface area contributed by atoms with Gasteiger partial charge in [-0.2, -0.15) is 0 Å². The first-order valence-corrected chi connectivity index (χ1v) is 11.5. The van der Waals surface area contributed by atoms with Crippen molar-refractivity contribution in [3.63, 3.8) is 0 Å². The van der Waals surface area contributed by atoms with Crippen LogP contribution in [0.25, 0.3) is 11.1 Å². The zero-order valence-corrected chi connectivity index (χ0v) is 19.1. The molecule has 0 bridgehead atoms. The molecule has 4 rings (SSSR count). The Morgan fingerprint density at radius 3 is 2.50 bits per heavy atom. The molecule has 1 atom stereocenters. The van der Waals surface area contributed by atoms with Gasteiger partial charge in [0, 0.05) is 12.6 Å². The van der Waals surface area contributed by atoms with E-state index in [4.69, 9.17) is 0 Å². The number of para-hydroxylation sites is 1. The normalized spacial score (nSPS) is 15.6. The minimum Gasteiger partial charge on any atom is -0.478 e. The maximum absolute atomic E-state index is 14.1. The topological polar surface area (TPSA) is 81.7 Å². The van der Waals surface area contributed by atoms with E-state index in [1.807, 2.05) is 12.1 Å². The number of rotatable bonds is 6. The monoisotopic (exact) mass is 461 g/mol. The van der Waals surface area contributed by atoms with Crippen molar-refractivity contribution >= 4 is 29.1 Å². The van der Waals surface area contributed by atoms with E-state index in [9.17, 15) is 19.1 Å². The Bertz CT molecular complexity index is 1200. The van der Waals surface area contributed by atoms with E-state index in [0.29, 0.717) is 22.9 Å². The molecule has 7 heteroatoms. The Hall–Kier alpha value is -3.87. The molecule has 0 aliphatic carbocycles. The number of carbonyl (C=O) groups excluding carboxylic acids is 1. The summed E-state index contributed by atoms with van der Waals surface area (Å²) in [5, 5.41) is 15.1. The van der Waals surface area contributed by atoms with Crippen molar-refractivity contribution < 1.29 is 19.1 Å². The predicted octanol–water partition coefficient (Wildman–Crippen LogP) is 6.60. The molecule has 1 saturated heterocycles. The first kappa shape index (κ1) is 23.3. The molecule has 3 aromatic carbocycles. The fraction of sp³-hybridized carbons (Fsp3) is 0.259. The lowest BCUT2D eigenvalue weighted by Crippen LogP contribution is -2.39. The van der Waals surface area contributed by atoms with Crippen LogP contribution >= 0.6 is 0 Å². The van der Waals surface area contributed by atoms with E-state index in [1.165, 1.54) is 12.1 Å². The van der Waals surface area contributed by atoms with Gasteiger partial charge in [0.2, 0.25) is 0 Å². The third-order valence-electron chi connectivity index (χ3n) is 6.24. The van der Waals surface area contributed by atoms with Gasteiger partial charge in [-0.15, -0.1) is 0 Å². The van der Waals surface area contributed by atoms with E-state index in [1.54, 1.807) is 42.5 Å². The molecule has 3 aromatic rings. The van der Waals surface area contributed by atoms with Crippen LogP contribution in [-0.4, -0.2) is 29.7 Å². The second kappa shape index (κ2) is 10.4. The van der Waals surface area contributed by atoms with Gasteiger partial charge in [-0.3, -0.25) is 0 Å². The van der Waals surface area contributed by atoms with Crippen LogP contribution in [0.4, 0.5) is 26.2 Å². The molecule has 1 unspecified atom stereocenters. The van der Waals surface area contributed by atoms with Gasteiger partial charge in [-0.25, -0.2) is 14.0 Å². The van der Waals surface area contributed by atoms with E-state index in [-0.39, 0.29) is 11.3 Å². The van der Waals surface area contributed by atoms with E-state index >= 15 is 0 Å². The number of halogens is 1. The summed E-state index contributed by atoms with van der Waals surface area (Å²) < 4.78 is 14.1. The summed E-state index contributed by atoms with van der Waals surface area (Å²) in [5.41, 5.74) is 2.91. The molecule has 0 spiro atoms. The lowest BCUT2D eigenvalue weighted by atomic mass is 9.96. The number of carboxylic acid groups (broad SMARTS) is 1. The highest BCUT2D eigenvalue weighted by atomic mass is 19.1. The Kier molecular flexibility index (Phi) is 7.11. The number of nitrogens with one attached hydrogen (secondary N) is 2. The zero-order chi connectivity index (χ0) is 24.1. The number of hydrogen-bond acceptors (Lipinski definition) is 3. The number of hydrogen-bond donors (Lipinski definition) is 3. The summed E-state index contributed by atoms with van der Waals surface area (Å²) in [4.78, 5) is 26.9. The molecule has 3 N–H and O–H groups in total. The van der Waals surface area contributed by atoms with Gasteiger partial charge in [0.15, 0.2) is 0 Å². The van der Waals surface area contributed by atoms with Gasteiger partial charge in [0.05, 0.1) is 22.6 Å². The van der Waals surface area contributed by atoms with Gasteiger partial charge in [-0.05, 0) is 67.1 Å². The molecule has 6 nitrogen and oxygen atoms in total. The number of piperidine rings is 1. The Balaban J connectivity index is 1.73. The number of carbonyl (C=O) groups is 2. The van der Waals surface area contributed by atoms with Gasteiger partial charge in [0.1, 0.15) is 5.82 Å². The van der Waals surface area contributed by atoms with Crippen molar-refractivity contribution in [1.82, 2.24) is 0 Å². The molecule has 0 radical (unpaired) electrons. The van der Waals surface area contributed by atoms with E-state index in [0.717, 1.165) is 37.9 Å². The summed E-state index contributed by atoms with van der Waals surface area (Å²) in [6, 6.07) is 18.1. The lowest BCUT2D eigenvalue weighted by molar-refractivity contribution is 0.0697. The van der Waals surface area contributed by atoms with Crippen LogP contribution in [-0.2, 0) is 0 Å². The van der Waals surface area contributed by atoms with Gasteiger partial charge in [-0.1, -0.05) is 43.3 Å². The number of amides is 2. The van der Waals surface area contributed by atoms with Crippen LogP contribution in [0, 0.1) is 5.82 Å². The second-order valence-electron chi connectivity index (χ2n) is 8.39. The average Bonchev–Trinajstić information content (AvgIpc) is 2.85. The largest absolute Gasteiger partial charge is 0.478 e. The minimum absolute atomic E-state index is 0.0818. The van der Waals surface area contributed by atoms with Crippen molar-refractivity contribution in [2.75, 3.05) is 22.1 Å². The second-order valence-corrected chi connectivity index (χ2v) is 8.39. The van der Waals surface area contributed by atoms with Crippen LogP contribution in [0.15, 0.2) is 66.7 Å². The van der Waals surface area contributed by atoms with E-state index in [2.05, 4.69) is 22.5 Å². The number of carboxylic acids is 1. The van der Waals surface area contributed by atoms with Crippen molar-refractivity contribution in [3.8, 4) is 11.1 Å². The van der Waals surface area contributed by atoms with Gasteiger partial charge >= 0.3 is 12.0 Å². The molecular formula is C27H28FN3O3. The van der Waals surface area contributed by atoms with Crippen molar-refractivity contribution in [2.24, 2.45) is 0 Å². The summed E-state index contributed by atoms with van der Waals surface area (Å²) in [6.07, 6.45) is 4.27. The third kappa shape index (κ3) is 5.03. The SMILES string of the molecule is CCC1CCCCN1c1ccc(-c2ccccc2C(=O)O)cc1NC(=O)Nc1ccccc1F. The number of urea groups is 1. The minimum atomic E-state index is -1.02. The molecule has 176 valence electrons. The number of benzene rings is 3. The Morgan fingerprint density at radius 2 is 1.74 bits per heavy atom. The number of nitrogens with zero attached hydrogens (tertiary/aromatic N) is 1. The predicted molar refractivity (Wildman–Crippen MR) is 133 cm³/mol.